The Bertz CT molecular complexity index is 1180. The van der Waals surface area contributed by atoms with Crippen molar-refractivity contribution in [3.05, 3.63) is 57.3 Å². The van der Waals surface area contributed by atoms with Crippen molar-refractivity contribution in [1.82, 2.24) is 9.88 Å². The number of sulfone groups is 1. The van der Waals surface area contributed by atoms with Gasteiger partial charge in [-0.1, -0.05) is 23.2 Å². The third kappa shape index (κ3) is 5.86. The highest BCUT2D eigenvalue weighted by atomic mass is 35.5. The fourth-order valence-corrected chi connectivity index (χ4v) is 6.60. The van der Waals surface area contributed by atoms with Crippen LogP contribution in [-0.4, -0.2) is 55.0 Å². The van der Waals surface area contributed by atoms with Gasteiger partial charge >= 0.3 is 6.18 Å². The van der Waals surface area contributed by atoms with Crippen LogP contribution in [0.25, 0.3) is 0 Å². The Kier molecular flexibility index (Phi) is 7.28. The molecule has 6 nitrogen and oxygen atoms in total. The van der Waals surface area contributed by atoms with Crippen molar-refractivity contribution in [1.29, 1.82) is 0 Å². The molecule has 1 aliphatic carbocycles. The van der Waals surface area contributed by atoms with E-state index in [1.54, 1.807) is 0 Å². The van der Waals surface area contributed by atoms with Crippen LogP contribution in [-0.2, 0) is 27.5 Å². The lowest BCUT2D eigenvalue weighted by atomic mass is 9.99. The minimum Gasteiger partial charge on any atom is -0.380 e. The summed E-state index contributed by atoms with van der Waals surface area (Å²) < 4.78 is 65.2. The Morgan fingerprint density at radius 3 is 2.17 bits per heavy atom. The first-order valence-corrected chi connectivity index (χ1v) is 13.6. The predicted molar refractivity (Wildman–Crippen MR) is 128 cm³/mol. The number of rotatable bonds is 5. The summed E-state index contributed by atoms with van der Waals surface area (Å²) in [4.78, 5) is 17.5. The summed E-state index contributed by atoms with van der Waals surface area (Å²) in [5.41, 5.74) is 2.37. The van der Waals surface area contributed by atoms with Gasteiger partial charge < -0.3 is 10.2 Å². The predicted octanol–water partition coefficient (Wildman–Crippen LogP) is 4.85. The molecule has 0 saturated carbocycles. The van der Waals surface area contributed by atoms with Gasteiger partial charge in [-0.25, -0.2) is 8.42 Å². The number of fused-ring (bicyclic) bond motifs is 1. The first kappa shape index (κ1) is 26.0. The van der Waals surface area contributed by atoms with E-state index in [9.17, 15) is 26.4 Å². The standard InChI is InChI=1S/C23H24Cl2F3N3O3S/c1-31(22(32)13-4-6-35(33,34)7-5-13)21(23(26,27)28)20-3-2-16(12-29-20)30-17-8-14-10-18(24)19(25)11-15(14)9-17/h2-3,10-13,17,21,30H,4-9H2,1H3/t21-/m0/s1. The van der Waals surface area contributed by atoms with Crippen molar-refractivity contribution >= 4 is 44.6 Å². The lowest BCUT2D eigenvalue weighted by Crippen LogP contribution is -2.44. The van der Waals surface area contributed by atoms with Gasteiger partial charge in [0.05, 0.1) is 39.1 Å². The Hall–Kier alpha value is -2.04. The van der Waals surface area contributed by atoms with Crippen LogP contribution in [0.15, 0.2) is 30.5 Å². The lowest BCUT2D eigenvalue weighted by Gasteiger charge is -2.33. The van der Waals surface area contributed by atoms with Gasteiger partial charge in [-0.2, -0.15) is 13.2 Å². The zero-order chi connectivity index (χ0) is 25.5. The summed E-state index contributed by atoms with van der Waals surface area (Å²) in [5.74, 6) is -1.89. The summed E-state index contributed by atoms with van der Waals surface area (Å²) in [5, 5.41) is 4.23. The molecule has 1 fully saturated rings. The fourth-order valence-electron chi connectivity index (χ4n) is 4.74. The van der Waals surface area contributed by atoms with E-state index in [1.165, 1.54) is 18.3 Å². The van der Waals surface area contributed by atoms with Crippen molar-refractivity contribution in [3.63, 3.8) is 0 Å². The number of halogens is 5. The molecule has 2 aromatic rings. The molecule has 1 aliphatic heterocycles. The summed E-state index contributed by atoms with van der Waals surface area (Å²) in [6, 6.07) is 4.19. The Balaban J connectivity index is 1.46. The van der Waals surface area contributed by atoms with E-state index in [1.807, 2.05) is 12.1 Å². The van der Waals surface area contributed by atoms with Crippen molar-refractivity contribution in [2.24, 2.45) is 5.92 Å². The van der Waals surface area contributed by atoms with E-state index in [-0.39, 0.29) is 36.1 Å². The number of carbonyl (C=O) groups excluding carboxylic acids is 1. The summed E-state index contributed by atoms with van der Waals surface area (Å²) in [6.45, 7) is 0. The van der Waals surface area contributed by atoms with Crippen LogP contribution in [0.3, 0.4) is 0 Å². The first-order valence-electron chi connectivity index (χ1n) is 11.1. The van der Waals surface area contributed by atoms with Gasteiger partial charge in [0.1, 0.15) is 9.84 Å². The highest BCUT2D eigenvalue weighted by Gasteiger charge is 2.47. The molecule has 4 rings (SSSR count). The maximum absolute atomic E-state index is 14.0. The van der Waals surface area contributed by atoms with Gasteiger partial charge in [-0.05, 0) is 61.1 Å². The molecule has 1 aromatic heterocycles. The van der Waals surface area contributed by atoms with Crippen LogP contribution in [0.1, 0.15) is 35.7 Å². The average Bonchev–Trinajstić information content (AvgIpc) is 3.14. The summed E-state index contributed by atoms with van der Waals surface area (Å²) in [7, 11) is -2.15. The molecule has 0 radical (unpaired) electrons. The molecule has 0 spiro atoms. The van der Waals surface area contributed by atoms with Crippen LogP contribution in [0.2, 0.25) is 10.0 Å². The van der Waals surface area contributed by atoms with Crippen molar-refractivity contribution < 1.29 is 26.4 Å². The zero-order valence-corrected chi connectivity index (χ0v) is 21.1. The molecule has 1 aromatic carbocycles. The summed E-state index contributed by atoms with van der Waals surface area (Å²) in [6.07, 6.45) is -2.01. The van der Waals surface area contributed by atoms with Gasteiger partial charge in [-0.3, -0.25) is 9.78 Å². The Morgan fingerprint density at radius 1 is 1.11 bits per heavy atom. The van der Waals surface area contributed by atoms with Crippen molar-refractivity contribution in [2.75, 3.05) is 23.9 Å². The molecule has 1 saturated heterocycles. The van der Waals surface area contributed by atoms with Crippen LogP contribution < -0.4 is 5.32 Å². The number of alkyl halides is 3. The first-order chi connectivity index (χ1) is 16.3. The number of benzene rings is 1. The third-order valence-corrected chi connectivity index (χ3v) is 9.00. The Morgan fingerprint density at radius 2 is 1.69 bits per heavy atom. The molecule has 35 heavy (non-hydrogen) atoms. The third-order valence-electron chi connectivity index (χ3n) is 6.56. The minimum atomic E-state index is -4.75. The van der Waals surface area contributed by atoms with Gasteiger partial charge in [0, 0.05) is 19.0 Å². The van der Waals surface area contributed by atoms with Gasteiger partial charge in [-0.15, -0.1) is 0 Å². The van der Waals surface area contributed by atoms with Crippen LogP contribution in [0.4, 0.5) is 18.9 Å². The second-order valence-electron chi connectivity index (χ2n) is 9.08. The number of pyridine rings is 1. The topological polar surface area (TPSA) is 79.4 Å². The molecule has 2 heterocycles. The van der Waals surface area contributed by atoms with Crippen LogP contribution in [0, 0.1) is 5.92 Å². The lowest BCUT2D eigenvalue weighted by molar-refractivity contribution is -0.191. The number of nitrogens with zero attached hydrogens (tertiary/aromatic N) is 2. The maximum Gasteiger partial charge on any atom is 0.414 e. The molecule has 190 valence electrons. The molecule has 0 bridgehead atoms. The van der Waals surface area contributed by atoms with E-state index < -0.39 is 33.9 Å². The number of nitrogens with one attached hydrogen (secondary N) is 1. The molecule has 1 amide bonds. The molecule has 12 heteroatoms. The van der Waals surface area contributed by atoms with Crippen LogP contribution in [0.5, 0.6) is 0 Å². The minimum absolute atomic E-state index is 0.0115. The van der Waals surface area contributed by atoms with Crippen molar-refractivity contribution in [2.45, 2.75) is 43.9 Å². The molecule has 1 N–H and O–H groups in total. The van der Waals surface area contributed by atoms with Gasteiger partial charge in [0.15, 0.2) is 6.04 Å². The SMILES string of the molecule is CN(C(=O)C1CCS(=O)(=O)CC1)[C@@H](c1ccc(NC2Cc3cc(Cl)c(Cl)cc3C2)cn1)C(F)(F)F. The zero-order valence-electron chi connectivity index (χ0n) is 18.8. The normalized spacial score (nSPS) is 19.3. The second-order valence-corrected chi connectivity index (χ2v) is 12.2. The van der Waals surface area contributed by atoms with E-state index >= 15 is 0 Å². The number of hydrogen-bond donors (Lipinski definition) is 1. The molecule has 0 unspecified atom stereocenters. The van der Waals surface area contributed by atoms with E-state index in [4.69, 9.17) is 23.2 Å². The maximum atomic E-state index is 14.0. The number of amides is 1. The molecule has 1 atom stereocenters. The number of carbonyl (C=O) groups is 1. The van der Waals surface area contributed by atoms with E-state index in [2.05, 4.69) is 10.3 Å². The average molecular weight is 550 g/mol. The largest absolute Gasteiger partial charge is 0.414 e. The van der Waals surface area contributed by atoms with Crippen molar-refractivity contribution in [3.8, 4) is 0 Å². The van der Waals surface area contributed by atoms with Crippen LogP contribution >= 0.6 is 23.2 Å². The van der Waals surface area contributed by atoms with Gasteiger partial charge in [0.2, 0.25) is 5.91 Å². The smallest absolute Gasteiger partial charge is 0.380 e. The number of aromatic nitrogens is 1. The molecular weight excluding hydrogens is 526 g/mol. The number of hydrogen-bond acceptors (Lipinski definition) is 5. The Labute approximate surface area is 211 Å². The second kappa shape index (κ2) is 9.78. The van der Waals surface area contributed by atoms with E-state index in [0.29, 0.717) is 33.5 Å². The highest BCUT2D eigenvalue weighted by Crippen LogP contribution is 2.38. The quantitative estimate of drug-likeness (QED) is 0.576. The fraction of sp³-hybridized carbons (Fsp3) is 0.478. The van der Waals surface area contributed by atoms with E-state index in [0.717, 1.165) is 18.2 Å². The number of anilines is 1. The highest BCUT2D eigenvalue weighted by molar-refractivity contribution is 7.91. The van der Waals surface area contributed by atoms with Gasteiger partial charge in [0.25, 0.3) is 0 Å². The summed E-state index contributed by atoms with van der Waals surface area (Å²) >= 11 is 12.2. The molecular formula is C23H24Cl2F3N3O3S. The molecule has 2 aliphatic rings. The monoisotopic (exact) mass is 549 g/mol.